The molecule has 7 nitrogen and oxygen atoms in total. The van der Waals surface area contributed by atoms with E-state index in [0.717, 1.165) is 17.2 Å². The lowest BCUT2D eigenvalue weighted by Gasteiger charge is -2.20. The van der Waals surface area contributed by atoms with Crippen LogP contribution in [0.1, 0.15) is 32.3 Å². The maximum atomic E-state index is 12.3. The van der Waals surface area contributed by atoms with Crippen molar-refractivity contribution in [2.24, 2.45) is 0 Å². The molecular weight excluding hydrogens is 346 g/mol. The van der Waals surface area contributed by atoms with Crippen LogP contribution in [0.25, 0.3) is 21.5 Å². The highest BCUT2D eigenvalue weighted by Crippen LogP contribution is 2.32. The first-order valence-electron chi connectivity index (χ1n) is 8.92. The van der Waals surface area contributed by atoms with Crippen molar-refractivity contribution in [1.82, 2.24) is 15.3 Å². The largest absolute Gasteiger partial charge is 0.475 e. The molecule has 1 atom stereocenters. The molecule has 0 spiro atoms. The average Bonchev–Trinajstić information content (AvgIpc) is 3.03. The number of rotatable bonds is 4. The highest BCUT2D eigenvalue weighted by Gasteiger charge is 2.23. The Balaban J connectivity index is 1.81. The van der Waals surface area contributed by atoms with Crippen LogP contribution in [0.3, 0.4) is 0 Å². The van der Waals surface area contributed by atoms with Crippen LogP contribution < -0.4 is 15.6 Å². The van der Waals surface area contributed by atoms with E-state index >= 15 is 0 Å². The molecule has 3 aromatic rings. The lowest BCUT2D eigenvalue weighted by atomic mass is 9.93. The molecule has 1 unspecified atom stereocenters. The number of fused-ring (bicyclic) bond motifs is 2. The van der Waals surface area contributed by atoms with Gasteiger partial charge < -0.3 is 20.1 Å². The number of ether oxygens (including phenoxy) is 1. The fourth-order valence-corrected chi connectivity index (χ4v) is 3.50. The summed E-state index contributed by atoms with van der Waals surface area (Å²) in [4.78, 5) is 30.7. The zero-order valence-corrected chi connectivity index (χ0v) is 15.2. The van der Waals surface area contributed by atoms with E-state index in [9.17, 15) is 14.7 Å². The molecule has 3 N–H and O–H groups in total. The number of nitrogens with one attached hydrogen (secondary N) is 2. The highest BCUT2D eigenvalue weighted by atomic mass is 16.5. The monoisotopic (exact) mass is 367 g/mol. The number of aliphatic hydroxyl groups is 1. The predicted octanol–water partition coefficient (Wildman–Crippen LogP) is 1.96. The third-order valence-electron chi connectivity index (χ3n) is 4.91. The molecule has 1 fully saturated rings. The summed E-state index contributed by atoms with van der Waals surface area (Å²) in [5.74, 6) is 0.479. The van der Waals surface area contributed by atoms with Gasteiger partial charge in [-0.05, 0) is 49.2 Å². The van der Waals surface area contributed by atoms with Crippen molar-refractivity contribution in [2.45, 2.75) is 38.3 Å². The van der Waals surface area contributed by atoms with Crippen LogP contribution in [-0.2, 0) is 10.4 Å². The second-order valence-corrected chi connectivity index (χ2v) is 7.44. The van der Waals surface area contributed by atoms with Crippen molar-refractivity contribution in [3.8, 4) is 5.88 Å². The maximum Gasteiger partial charge on any atom is 0.255 e. The SMILES string of the molecule is CC(C)(O)c1c[nH]c(=O)c2cc3ccnc(OCC4CCC(=O)N4)c3cc12. The first-order chi connectivity index (χ1) is 12.8. The van der Waals surface area contributed by atoms with Gasteiger partial charge in [-0.3, -0.25) is 9.59 Å². The van der Waals surface area contributed by atoms with Crippen molar-refractivity contribution in [3.63, 3.8) is 0 Å². The molecule has 1 aliphatic heterocycles. The number of nitrogens with zero attached hydrogens (tertiary/aromatic N) is 1. The molecular formula is C20H21N3O4. The van der Waals surface area contributed by atoms with Gasteiger partial charge in [0.15, 0.2) is 0 Å². The Kier molecular flexibility index (Phi) is 4.11. The van der Waals surface area contributed by atoms with E-state index < -0.39 is 5.60 Å². The van der Waals surface area contributed by atoms with Gasteiger partial charge in [0.25, 0.3) is 5.56 Å². The summed E-state index contributed by atoms with van der Waals surface area (Å²) in [6.45, 7) is 3.69. The van der Waals surface area contributed by atoms with E-state index in [1.807, 2.05) is 12.1 Å². The first kappa shape index (κ1) is 17.5. The summed E-state index contributed by atoms with van der Waals surface area (Å²) in [6.07, 6.45) is 4.43. The Labute approximate surface area is 155 Å². The standard InChI is InChI=1S/C20H21N3O4/c1-20(2,26)16-9-22-18(25)15-7-11-5-6-21-19(13(11)8-14(15)16)27-10-12-3-4-17(24)23-12/h5-9,12,26H,3-4,10H2,1-2H3,(H,22,25)(H,23,24). The molecule has 1 aromatic carbocycles. The van der Waals surface area contributed by atoms with Crippen molar-refractivity contribution >= 4 is 27.5 Å². The van der Waals surface area contributed by atoms with Crippen molar-refractivity contribution < 1.29 is 14.6 Å². The lowest BCUT2D eigenvalue weighted by molar-refractivity contribution is -0.119. The van der Waals surface area contributed by atoms with Crippen LogP contribution in [0.2, 0.25) is 0 Å². The molecule has 0 aliphatic carbocycles. The van der Waals surface area contributed by atoms with E-state index in [0.29, 0.717) is 35.2 Å². The normalized spacial score (nSPS) is 17.4. The second kappa shape index (κ2) is 6.35. The number of carbonyl (C=O) groups is 1. The molecule has 0 radical (unpaired) electrons. The molecule has 1 saturated heterocycles. The number of hydrogen-bond donors (Lipinski definition) is 3. The van der Waals surface area contributed by atoms with Crippen LogP contribution >= 0.6 is 0 Å². The summed E-state index contributed by atoms with van der Waals surface area (Å²) in [6, 6.07) is 5.41. The fraction of sp³-hybridized carbons (Fsp3) is 0.350. The molecule has 7 heteroatoms. The molecule has 3 heterocycles. The number of pyridine rings is 2. The van der Waals surface area contributed by atoms with Crippen LogP contribution in [0.5, 0.6) is 5.88 Å². The minimum absolute atomic E-state index is 0.0233. The summed E-state index contributed by atoms with van der Waals surface area (Å²) in [5, 5.41) is 16.1. The van der Waals surface area contributed by atoms with Gasteiger partial charge in [-0.15, -0.1) is 0 Å². The molecule has 140 valence electrons. The van der Waals surface area contributed by atoms with Crippen molar-refractivity contribution in [2.75, 3.05) is 6.61 Å². The van der Waals surface area contributed by atoms with E-state index in [1.165, 1.54) is 0 Å². The molecule has 0 bridgehead atoms. The maximum absolute atomic E-state index is 12.3. The minimum Gasteiger partial charge on any atom is -0.475 e. The zero-order valence-electron chi connectivity index (χ0n) is 15.2. The van der Waals surface area contributed by atoms with Gasteiger partial charge in [-0.2, -0.15) is 0 Å². The lowest BCUT2D eigenvalue weighted by Crippen LogP contribution is -2.31. The van der Waals surface area contributed by atoms with Crippen LogP contribution in [-0.4, -0.2) is 33.6 Å². The molecule has 0 saturated carbocycles. The summed E-state index contributed by atoms with van der Waals surface area (Å²) < 4.78 is 5.88. The van der Waals surface area contributed by atoms with Crippen molar-refractivity contribution in [1.29, 1.82) is 0 Å². The Morgan fingerprint density at radius 3 is 2.78 bits per heavy atom. The third-order valence-corrected chi connectivity index (χ3v) is 4.91. The molecule has 4 rings (SSSR count). The van der Waals surface area contributed by atoms with Gasteiger partial charge in [0.05, 0.1) is 11.6 Å². The average molecular weight is 367 g/mol. The van der Waals surface area contributed by atoms with Crippen LogP contribution in [0.15, 0.2) is 35.4 Å². The Bertz CT molecular complexity index is 1100. The van der Waals surface area contributed by atoms with Crippen LogP contribution in [0, 0.1) is 0 Å². The van der Waals surface area contributed by atoms with Gasteiger partial charge in [0, 0.05) is 35.2 Å². The highest BCUT2D eigenvalue weighted by molar-refractivity contribution is 6.01. The number of amides is 1. The van der Waals surface area contributed by atoms with E-state index in [2.05, 4.69) is 15.3 Å². The Hall–Kier alpha value is -2.93. The number of benzene rings is 1. The smallest absolute Gasteiger partial charge is 0.255 e. The van der Waals surface area contributed by atoms with Gasteiger partial charge in [0.1, 0.15) is 6.61 Å². The van der Waals surface area contributed by atoms with E-state index in [-0.39, 0.29) is 17.5 Å². The molecule has 2 aromatic heterocycles. The summed E-state index contributed by atoms with van der Waals surface area (Å²) in [5.41, 5.74) is -0.710. The predicted molar refractivity (Wildman–Crippen MR) is 102 cm³/mol. The summed E-state index contributed by atoms with van der Waals surface area (Å²) in [7, 11) is 0. The Morgan fingerprint density at radius 2 is 2.07 bits per heavy atom. The van der Waals surface area contributed by atoms with Gasteiger partial charge in [-0.1, -0.05) is 0 Å². The number of H-pyrrole nitrogens is 1. The Morgan fingerprint density at radius 1 is 1.26 bits per heavy atom. The zero-order chi connectivity index (χ0) is 19.2. The molecule has 1 amide bonds. The van der Waals surface area contributed by atoms with Gasteiger partial charge >= 0.3 is 0 Å². The summed E-state index contributed by atoms with van der Waals surface area (Å²) >= 11 is 0. The topological polar surface area (TPSA) is 104 Å². The fourth-order valence-electron chi connectivity index (χ4n) is 3.50. The second-order valence-electron chi connectivity index (χ2n) is 7.44. The number of aromatic amines is 1. The first-order valence-corrected chi connectivity index (χ1v) is 8.92. The van der Waals surface area contributed by atoms with Gasteiger partial charge in [-0.25, -0.2) is 4.98 Å². The van der Waals surface area contributed by atoms with Gasteiger partial charge in [0.2, 0.25) is 11.8 Å². The number of aromatic nitrogens is 2. The van der Waals surface area contributed by atoms with E-state index in [4.69, 9.17) is 4.74 Å². The quantitative estimate of drug-likeness (QED) is 0.612. The molecule has 27 heavy (non-hydrogen) atoms. The van der Waals surface area contributed by atoms with Crippen LogP contribution in [0.4, 0.5) is 0 Å². The molecule has 1 aliphatic rings. The number of hydrogen-bond acceptors (Lipinski definition) is 5. The number of carbonyl (C=O) groups excluding carboxylic acids is 1. The van der Waals surface area contributed by atoms with Crippen molar-refractivity contribution in [3.05, 3.63) is 46.5 Å². The minimum atomic E-state index is -1.12. The third kappa shape index (κ3) is 3.26. The van der Waals surface area contributed by atoms with E-state index in [1.54, 1.807) is 32.3 Å².